The number of halogens is 1. The third-order valence-corrected chi connectivity index (χ3v) is 4.25. The molecule has 0 atom stereocenters. The molecule has 3 aromatic rings. The second kappa shape index (κ2) is 12.9. The molecule has 1 heterocycles. The van der Waals surface area contributed by atoms with Gasteiger partial charge in [0, 0.05) is 19.8 Å². The molecule has 2 aromatic carbocycles. The second-order valence-corrected chi connectivity index (χ2v) is 6.40. The van der Waals surface area contributed by atoms with Crippen LogP contribution in [0.2, 0.25) is 0 Å². The number of hydrogen-bond acceptors (Lipinski definition) is 3. The number of benzene rings is 2. The molecule has 2 N–H and O–H groups in total. The highest BCUT2D eigenvalue weighted by atomic mass is 127. The third kappa shape index (κ3) is 8.21. The number of nitrogens with zero attached hydrogens (tertiary/aromatic N) is 2. The Labute approximate surface area is 189 Å². The Hall–Kier alpha value is -2.45. The van der Waals surface area contributed by atoms with E-state index in [0.717, 1.165) is 17.2 Å². The Balaban J connectivity index is 0.00000300. The van der Waals surface area contributed by atoms with Crippen molar-refractivity contribution >= 4 is 29.9 Å². The lowest BCUT2D eigenvalue weighted by Gasteiger charge is -2.12. The molecule has 3 rings (SSSR count). The van der Waals surface area contributed by atoms with Crippen LogP contribution in [0.3, 0.4) is 0 Å². The van der Waals surface area contributed by atoms with E-state index in [2.05, 4.69) is 57.0 Å². The molecule has 1 aromatic heterocycles. The average Bonchev–Trinajstić information content (AvgIpc) is 2.76. The predicted octanol–water partition coefficient (Wildman–Crippen LogP) is 4.28. The van der Waals surface area contributed by atoms with Crippen molar-refractivity contribution in [3.05, 3.63) is 101 Å². The molecule has 0 amide bonds. The van der Waals surface area contributed by atoms with Crippen LogP contribution in [0.4, 0.5) is 0 Å². The minimum atomic E-state index is 0. The molecule has 5 nitrogen and oxygen atoms in total. The van der Waals surface area contributed by atoms with Crippen molar-refractivity contribution in [2.75, 3.05) is 7.05 Å². The zero-order valence-electron chi connectivity index (χ0n) is 16.5. The lowest BCUT2D eigenvalue weighted by Crippen LogP contribution is -2.36. The maximum absolute atomic E-state index is 5.78. The van der Waals surface area contributed by atoms with E-state index in [4.69, 9.17) is 4.74 Å². The van der Waals surface area contributed by atoms with Gasteiger partial charge >= 0.3 is 0 Å². The zero-order chi connectivity index (χ0) is 19.4. The molecule has 0 saturated carbocycles. The smallest absolute Gasteiger partial charge is 0.191 e. The number of rotatable bonds is 8. The SMILES string of the molecule is CN=C(NCc1ccc(COCc2ccccc2)cc1)NCc1ccccn1.I. The van der Waals surface area contributed by atoms with Crippen molar-refractivity contribution in [3.63, 3.8) is 0 Å². The summed E-state index contributed by atoms with van der Waals surface area (Å²) in [4.78, 5) is 8.55. The van der Waals surface area contributed by atoms with Gasteiger partial charge in [0.15, 0.2) is 5.96 Å². The fraction of sp³-hybridized carbons (Fsp3) is 0.217. The molecular weight excluding hydrogens is 475 g/mol. The number of aliphatic imine (C=N–C) groups is 1. The van der Waals surface area contributed by atoms with Gasteiger partial charge in [-0.2, -0.15) is 0 Å². The van der Waals surface area contributed by atoms with Crippen LogP contribution < -0.4 is 10.6 Å². The van der Waals surface area contributed by atoms with Gasteiger partial charge in [-0.3, -0.25) is 9.98 Å². The highest BCUT2D eigenvalue weighted by Gasteiger charge is 2.01. The molecule has 0 unspecified atom stereocenters. The van der Waals surface area contributed by atoms with Crippen molar-refractivity contribution in [1.82, 2.24) is 15.6 Å². The number of ether oxygens (including phenoxy) is 1. The average molecular weight is 502 g/mol. The van der Waals surface area contributed by atoms with Crippen molar-refractivity contribution in [2.24, 2.45) is 4.99 Å². The first-order valence-electron chi connectivity index (χ1n) is 9.37. The normalized spacial score (nSPS) is 10.9. The Morgan fingerprint density at radius 3 is 2.07 bits per heavy atom. The summed E-state index contributed by atoms with van der Waals surface area (Å²) in [6.45, 7) is 2.57. The van der Waals surface area contributed by atoms with Gasteiger partial charge in [-0.15, -0.1) is 24.0 Å². The molecule has 29 heavy (non-hydrogen) atoms. The number of guanidine groups is 1. The quantitative estimate of drug-likeness (QED) is 0.274. The van der Waals surface area contributed by atoms with E-state index in [-0.39, 0.29) is 24.0 Å². The molecule has 0 spiro atoms. The Kier molecular flexibility index (Phi) is 10.2. The summed E-state index contributed by atoms with van der Waals surface area (Å²) in [5.41, 5.74) is 4.52. The van der Waals surface area contributed by atoms with Crippen LogP contribution in [0.1, 0.15) is 22.4 Å². The van der Waals surface area contributed by atoms with E-state index in [9.17, 15) is 0 Å². The van der Waals surface area contributed by atoms with Crippen LogP contribution in [-0.4, -0.2) is 18.0 Å². The largest absolute Gasteiger partial charge is 0.372 e. The standard InChI is InChI=1S/C23H26N4O.HI/c1-24-23(27-16-22-9-5-6-14-25-22)26-15-19-10-12-21(13-11-19)18-28-17-20-7-3-2-4-8-20;/h2-14H,15-18H2,1H3,(H2,24,26,27);1H. The number of aromatic nitrogens is 1. The molecule has 0 aliphatic rings. The van der Waals surface area contributed by atoms with E-state index in [1.807, 2.05) is 36.4 Å². The Bertz CT molecular complexity index is 855. The summed E-state index contributed by atoms with van der Waals surface area (Å²) in [5, 5.41) is 6.59. The fourth-order valence-corrected chi connectivity index (χ4v) is 2.70. The first kappa shape index (κ1) is 22.8. The van der Waals surface area contributed by atoms with Crippen molar-refractivity contribution in [3.8, 4) is 0 Å². The Morgan fingerprint density at radius 2 is 1.41 bits per heavy atom. The molecule has 0 fully saturated rings. The van der Waals surface area contributed by atoms with E-state index < -0.39 is 0 Å². The van der Waals surface area contributed by atoms with Gasteiger partial charge in [-0.1, -0.05) is 60.7 Å². The van der Waals surface area contributed by atoms with Gasteiger partial charge in [0.05, 0.1) is 25.5 Å². The van der Waals surface area contributed by atoms with Gasteiger partial charge in [-0.25, -0.2) is 0 Å². The van der Waals surface area contributed by atoms with Gasteiger partial charge in [0.25, 0.3) is 0 Å². The summed E-state index contributed by atoms with van der Waals surface area (Å²) in [6, 6.07) is 24.5. The molecule has 0 saturated heterocycles. The van der Waals surface area contributed by atoms with Gasteiger partial charge in [0.1, 0.15) is 0 Å². The van der Waals surface area contributed by atoms with Gasteiger partial charge < -0.3 is 15.4 Å². The van der Waals surface area contributed by atoms with Crippen molar-refractivity contribution in [2.45, 2.75) is 26.3 Å². The topological polar surface area (TPSA) is 58.5 Å². The minimum Gasteiger partial charge on any atom is -0.372 e. The van der Waals surface area contributed by atoms with E-state index in [1.54, 1.807) is 13.2 Å². The summed E-state index contributed by atoms with van der Waals surface area (Å²) in [7, 11) is 1.76. The van der Waals surface area contributed by atoms with E-state index in [0.29, 0.717) is 26.3 Å². The maximum atomic E-state index is 5.78. The molecule has 0 bridgehead atoms. The van der Waals surface area contributed by atoms with Crippen LogP contribution in [0, 0.1) is 0 Å². The van der Waals surface area contributed by atoms with Gasteiger partial charge in [-0.05, 0) is 28.8 Å². The van der Waals surface area contributed by atoms with Crippen LogP contribution >= 0.6 is 24.0 Å². The van der Waals surface area contributed by atoms with Gasteiger partial charge in [0.2, 0.25) is 0 Å². The second-order valence-electron chi connectivity index (χ2n) is 6.40. The summed E-state index contributed by atoms with van der Waals surface area (Å²) in [6.07, 6.45) is 1.79. The summed E-state index contributed by atoms with van der Waals surface area (Å²) in [5.74, 6) is 0.751. The van der Waals surface area contributed by atoms with Crippen LogP contribution in [0.5, 0.6) is 0 Å². The number of nitrogens with one attached hydrogen (secondary N) is 2. The molecule has 6 heteroatoms. The molecule has 0 aliphatic carbocycles. The van der Waals surface area contributed by atoms with E-state index in [1.165, 1.54) is 11.1 Å². The van der Waals surface area contributed by atoms with Crippen LogP contribution in [-0.2, 0) is 31.0 Å². The maximum Gasteiger partial charge on any atom is 0.191 e. The highest BCUT2D eigenvalue weighted by Crippen LogP contribution is 2.08. The summed E-state index contributed by atoms with van der Waals surface area (Å²) >= 11 is 0. The lowest BCUT2D eigenvalue weighted by atomic mass is 10.1. The summed E-state index contributed by atoms with van der Waals surface area (Å²) < 4.78 is 5.78. The molecule has 0 aliphatic heterocycles. The monoisotopic (exact) mass is 502 g/mol. The number of hydrogen-bond donors (Lipinski definition) is 2. The molecule has 152 valence electrons. The first-order chi connectivity index (χ1) is 13.8. The van der Waals surface area contributed by atoms with Crippen LogP contribution in [0.25, 0.3) is 0 Å². The first-order valence-corrected chi connectivity index (χ1v) is 9.37. The van der Waals surface area contributed by atoms with Crippen molar-refractivity contribution in [1.29, 1.82) is 0 Å². The number of pyridine rings is 1. The zero-order valence-corrected chi connectivity index (χ0v) is 18.9. The highest BCUT2D eigenvalue weighted by molar-refractivity contribution is 14.0. The van der Waals surface area contributed by atoms with Crippen molar-refractivity contribution < 1.29 is 4.74 Å². The Morgan fingerprint density at radius 1 is 0.793 bits per heavy atom. The molecular formula is C23H27IN4O. The third-order valence-electron chi connectivity index (χ3n) is 4.25. The molecule has 0 radical (unpaired) electrons. The van der Waals surface area contributed by atoms with E-state index >= 15 is 0 Å². The minimum absolute atomic E-state index is 0. The lowest BCUT2D eigenvalue weighted by molar-refractivity contribution is 0.107. The van der Waals surface area contributed by atoms with Crippen LogP contribution in [0.15, 0.2) is 84.0 Å². The fourth-order valence-electron chi connectivity index (χ4n) is 2.70. The predicted molar refractivity (Wildman–Crippen MR) is 128 cm³/mol.